The van der Waals surface area contributed by atoms with Gasteiger partial charge in [-0.05, 0) is 12.5 Å². The lowest BCUT2D eigenvalue weighted by molar-refractivity contribution is -0.385. The van der Waals surface area contributed by atoms with Gasteiger partial charge in [-0.1, -0.05) is 12.1 Å². The molecule has 0 unspecified atom stereocenters. The van der Waals surface area contributed by atoms with Gasteiger partial charge in [0.05, 0.1) is 4.92 Å². The number of carbonyl (C=O) groups excluding carboxylic acids is 1. The zero-order chi connectivity index (χ0) is 10.0. The Morgan fingerprint density at radius 3 is 2.54 bits per heavy atom. The van der Waals surface area contributed by atoms with Gasteiger partial charge in [-0.15, -0.1) is 0 Å². The smallest absolute Gasteiger partial charge is 0.258 e. The van der Waals surface area contributed by atoms with Crippen molar-refractivity contribution in [2.24, 2.45) is 0 Å². The van der Waals surface area contributed by atoms with Gasteiger partial charge in [0.25, 0.3) is 5.69 Å². The summed E-state index contributed by atoms with van der Waals surface area (Å²) in [6.07, 6.45) is 0. The van der Waals surface area contributed by atoms with Crippen LogP contribution in [0.15, 0.2) is 18.2 Å². The first-order chi connectivity index (χ1) is 6.04. The van der Waals surface area contributed by atoms with Crippen LogP contribution in [-0.2, 0) is 0 Å². The topological polar surface area (TPSA) is 60.2 Å². The summed E-state index contributed by atoms with van der Waals surface area (Å²) in [4.78, 5) is 20.0. The molecule has 0 atom stereocenters. The Morgan fingerprint density at radius 1 is 1.54 bits per heavy atom. The number of benzene rings is 1. The molecule has 0 amide bonds. The molecule has 0 N–H and O–H groups in total. The molecule has 0 aliphatic heterocycles. The van der Waals surface area contributed by atoms with Crippen LogP contribution in [0.2, 0.25) is 0 Å². The summed E-state index contributed by atoms with van der Waals surface area (Å²) in [5.41, 5.74) is -0.693. The molecular formula is C8H6FNO3. The van der Waals surface area contributed by atoms with E-state index in [0.717, 1.165) is 6.07 Å². The molecule has 0 saturated carbocycles. The van der Waals surface area contributed by atoms with Crippen molar-refractivity contribution in [1.29, 1.82) is 0 Å². The van der Waals surface area contributed by atoms with E-state index in [1.165, 1.54) is 19.1 Å². The van der Waals surface area contributed by atoms with Crippen molar-refractivity contribution in [3.05, 3.63) is 39.4 Å². The van der Waals surface area contributed by atoms with Gasteiger partial charge < -0.3 is 0 Å². The molecule has 0 radical (unpaired) electrons. The van der Waals surface area contributed by atoms with Crippen LogP contribution in [0.5, 0.6) is 0 Å². The van der Waals surface area contributed by atoms with E-state index < -0.39 is 22.2 Å². The molecule has 1 aromatic rings. The number of rotatable bonds is 2. The predicted molar refractivity (Wildman–Crippen MR) is 43.3 cm³/mol. The standard InChI is InChI=1S/C8H6FNO3/c1-5-3-2-4-6(10(12)13)7(5)8(9)11/h2-4H,1H3. The molecule has 4 nitrogen and oxygen atoms in total. The van der Waals surface area contributed by atoms with Gasteiger partial charge in [-0.3, -0.25) is 14.9 Å². The second kappa shape index (κ2) is 3.30. The number of nitrogens with zero attached hydrogens (tertiary/aromatic N) is 1. The lowest BCUT2D eigenvalue weighted by Crippen LogP contribution is -2.01. The quantitative estimate of drug-likeness (QED) is 0.400. The highest BCUT2D eigenvalue weighted by Crippen LogP contribution is 2.22. The second-order valence-electron chi connectivity index (χ2n) is 2.50. The summed E-state index contributed by atoms with van der Waals surface area (Å²) in [7, 11) is 0. The Bertz CT molecular complexity index is 376. The predicted octanol–water partition coefficient (Wildman–Crippen LogP) is 2.01. The fourth-order valence-corrected chi connectivity index (χ4v) is 1.06. The largest absolute Gasteiger partial charge is 0.339 e. The number of nitro benzene ring substituents is 1. The van der Waals surface area contributed by atoms with Crippen LogP contribution in [0.25, 0.3) is 0 Å². The number of nitro groups is 1. The maximum absolute atomic E-state index is 12.4. The van der Waals surface area contributed by atoms with E-state index in [-0.39, 0.29) is 5.56 Å². The highest BCUT2D eigenvalue weighted by atomic mass is 19.1. The molecule has 0 aliphatic carbocycles. The summed E-state index contributed by atoms with van der Waals surface area (Å²) >= 11 is 0. The summed E-state index contributed by atoms with van der Waals surface area (Å²) in [5, 5.41) is 10.4. The lowest BCUT2D eigenvalue weighted by atomic mass is 10.1. The molecular weight excluding hydrogens is 177 g/mol. The van der Waals surface area contributed by atoms with Crippen molar-refractivity contribution < 1.29 is 14.1 Å². The molecule has 1 rings (SSSR count). The van der Waals surface area contributed by atoms with Crippen LogP contribution >= 0.6 is 0 Å². The maximum Gasteiger partial charge on any atom is 0.339 e. The number of aryl methyl sites for hydroxylation is 1. The highest BCUT2D eigenvalue weighted by molar-refractivity contribution is 5.94. The first-order valence-electron chi connectivity index (χ1n) is 3.48. The van der Waals surface area contributed by atoms with Crippen LogP contribution in [-0.4, -0.2) is 11.0 Å². The monoisotopic (exact) mass is 183 g/mol. The van der Waals surface area contributed by atoms with E-state index in [1.807, 2.05) is 0 Å². The molecule has 1 aromatic carbocycles. The molecule has 0 aromatic heterocycles. The van der Waals surface area contributed by atoms with E-state index in [2.05, 4.69) is 0 Å². The molecule has 13 heavy (non-hydrogen) atoms. The second-order valence-corrected chi connectivity index (χ2v) is 2.50. The first kappa shape index (κ1) is 9.31. The number of carbonyl (C=O) groups is 1. The zero-order valence-electron chi connectivity index (χ0n) is 6.78. The molecule has 0 bridgehead atoms. The van der Waals surface area contributed by atoms with E-state index in [4.69, 9.17) is 0 Å². The molecule has 0 aliphatic rings. The van der Waals surface area contributed by atoms with Gasteiger partial charge in [0.1, 0.15) is 5.56 Å². The third-order valence-electron chi connectivity index (χ3n) is 1.64. The van der Waals surface area contributed by atoms with Gasteiger partial charge in [0, 0.05) is 6.07 Å². The van der Waals surface area contributed by atoms with Crippen LogP contribution in [0.4, 0.5) is 10.1 Å². The van der Waals surface area contributed by atoms with E-state index >= 15 is 0 Å². The molecule has 5 heteroatoms. The normalized spacial score (nSPS) is 9.69. The van der Waals surface area contributed by atoms with Crippen molar-refractivity contribution in [3.8, 4) is 0 Å². The van der Waals surface area contributed by atoms with Gasteiger partial charge in [0.15, 0.2) is 0 Å². The number of hydrogen-bond donors (Lipinski definition) is 0. The molecule has 0 spiro atoms. The Labute approximate surface area is 73.1 Å². The Morgan fingerprint density at radius 2 is 2.15 bits per heavy atom. The summed E-state index contributed by atoms with van der Waals surface area (Å²) in [5.74, 6) is 0. The van der Waals surface area contributed by atoms with E-state index in [1.54, 1.807) is 0 Å². The molecule has 68 valence electrons. The minimum absolute atomic E-state index is 0.265. The fraction of sp³-hybridized carbons (Fsp3) is 0.125. The third kappa shape index (κ3) is 1.69. The fourth-order valence-electron chi connectivity index (χ4n) is 1.06. The summed E-state index contributed by atoms with van der Waals surface area (Å²) in [6.45, 7) is 1.44. The Kier molecular flexibility index (Phi) is 2.36. The number of hydrogen-bond acceptors (Lipinski definition) is 3. The van der Waals surface area contributed by atoms with Gasteiger partial charge in [-0.25, -0.2) is 0 Å². The average molecular weight is 183 g/mol. The minimum Gasteiger partial charge on any atom is -0.258 e. The molecule has 0 heterocycles. The highest BCUT2D eigenvalue weighted by Gasteiger charge is 2.21. The zero-order valence-corrected chi connectivity index (χ0v) is 6.78. The number of halogens is 1. The van der Waals surface area contributed by atoms with Crippen LogP contribution < -0.4 is 0 Å². The first-order valence-corrected chi connectivity index (χ1v) is 3.48. The van der Waals surface area contributed by atoms with Gasteiger partial charge in [-0.2, -0.15) is 4.39 Å². The van der Waals surface area contributed by atoms with E-state index in [9.17, 15) is 19.3 Å². The van der Waals surface area contributed by atoms with Crippen molar-refractivity contribution in [2.75, 3.05) is 0 Å². The van der Waals surface area contributed by atoms with Crippen molar-refractivity contribution in [3.63, 3.8) is 0 Å². The lowest BCUT2D eigenvalue weighted by Gasteiger charge is -1.99. The molecule has 0 saturated heterocycles. The third-order valence-corrected chi connectivity index (χ3v) is 1.64. The van der Waals surface area contributed by atoms with Crippen molar-refractivity contribution in [1.82, 2.24) is 0 Å². The summed E-state index contributed by atoms with van der Waals surface area (Å²) in [6, 6.07) is 2.17. The van der Waals surface area contributed by atoms with Crippen molar-refractivity contribution >= 4 is 11.7 Å². The Balaban J connectivity index is 3.43. The van der Waals surface area contributed by atoms with Crippen LogP contribution in [0.3, 0.4) is 0 Å². The van der Waals surface area contributed by atoms with E-state index in [0.29, 0.717) is 0 Å². The van der Waals surface area contributed by atoms with Crippen molar-refractivity contribution in [2.45, 2.75) is 6.92 Å². The van der Waals surface area contributed by atoms with Crippen LogP contribution in [0.1, 0.15) is 15.9 Å². The SMILES string of the molecule is Cc1cccc([N+](=O)[O-])c1C(=O)F. The summed E-state index contributed by atoms with van der Waals surface area (Å²) < 4.78 is 12.4. The van der Waals surface area contributed by atoms with Crippen LogP contribution in [0, 0.1) is 17.0 Å². The minimum atomic E-state index is -1.77. The van der Waals surface area contributed by atoms with Gasteiger partial charge in [0.2, 0.25) is 0 Å². The average Bonchev–Trinajstić information content (AvgIpc) is 2.02. The Hall–Kier alpha value is -1.78. The molecule has 0 fully saturated rings. The maximum atomic E-state index is 12.4. The van der Waals surface area contributed by atoms with Gasteiger partial charge >= 0.3 is 6.04 Å².